The van der Waals surface area contributed by atoms with Crippen LogP contribution in [0, 0.1) is 6.92 Å². The molecule has 6 heteroatoms. The number of carbonyl (C=O) groups is 1. The summed E-state index contributed by atoms with van der Waals surface area (Å²) in [6.45, 7) is 3.90. The molecule has 6 nitrogen and oxygen atoms in total. The van der Waals surface area contributed by atoms with Gasteiger partial charge < -0.3 is 10.1 Å². The summed E-state index contributed by atoms with van der Waals surface area (Å²) in [5.41, 5.74) is 3.47. The molecule has 25 heavy (non-hydrogen) atoms. The number of aryl methyl sites for hydroxylation is 1. The molecule has 1 heterocycles. The van der Waals surface area contributed by atoms with Crippen LogP contribution in [0.25, 0.3) is 5.69 Å². The van der Waals surface area contributed by atoms with Crippen molar-refractivity contribution in [3.8, 4) is 11.4 Å². The van der Waals surface area contributed by atoms with Gasteiger partial charge in [-0.25, -0.2) is 9.67 Å². The summed E-state index contributed by atoms with van der Waals surface area (Å²) >= 11 is 0. The number of nitrogens with zero attached hydrogens (tertiary/aromatic N) is 3. The lowest BCUT2D eigenvalue weighted by molar-refractivity contribution is 0.0936. The van der Waals surface area contributed by atoms with Gasteiger partial charge in [0.15, 0.2) is 0 Å². The average Bonchev–Trinajstić information content (AvgIpc) is 3.16. The molecule has 3 rings (SSSR count). The molecule has 0 spiro atoms. The Morgan fingerprint density at radius 1 is 1.20 bits per heavy atom. The van der Waals surface area contributed by atoms with Gasteiger partial charge >= 0.3 is 0 Å². The molecule has 0 fully saturated rings. The van der Waals surface area contributed by atoms with Crippen LogP contribution >= 0.6 is 0 Å². The van der Waals surface area contributed by atoms with Gasteiger partial charge in [0.05, 0.1) is 24.4 Å². The van der Waals surface area contributed by atoms with E-state index in [9.17, 15) is 4.79 Å². The number of benzene rings is 2. The van der Waals surface area contributed by atoms with Crippen molar-refractivity contribution in [3.05, 3.63) is 71.8 Å². The lowest BCUT2D eigenvalue weighted by Crippen LogP contribution is -2.27. The van der Waals surface area contributed by atoms with E-state index in [1.807, 2.05) is 56.3 Å². The second-order valence-electron chi connectivity index (χ2n) is 5.83. The van der Waals surface area contributed by atoms with Crippen molar-refractivity contribution in [3.63, 3.8) is 0 Å². The van der Waals surface area contributed by atoms with Crippen molar-refractivity contribution >= 4 is 5.91 Å². The summed E-state index contributed by atoms with van der Waals surface area (Å²) < 4.78 is 6.97. The molecule has 1 atom stereocenters. The third-order valence-electron chi connectivity index (χ3n) is 4.02. The van der Waals surface area contributed by atoms with Crippen LogP contribution < -0.4 is 10.1 Å². The molecule has 1 N–H and O–H groups in total. The molecule has 1 amide bonds. The Balaban J connectivity index is 1.74. The standard InChI is InChI=1S/C19H20N4O2/c1-13-4-9-18(25-3)17(10-13)19(24)22-14(2)15-5-7-16(8-6-15)23-12-20-11-21-23/h4-12,14H,1-3H3,(H,22,24). The Bertz CT molecular complexity index is 858. The fourth-order valence-electron chi connectivity index (χ4n) is 2.61. The minimum absolute atomic E-state index is 0.137. The van der Waals surface area contributed by atoms with Gasteiger partial charge in [0.25, 0.3) is 5.91 Å². The summed E-state index contributed by atoms with van der Waals surface area (Å²) in [5.74, 6) is 0.408. The quantitative estimate of drug-likeness (QED) is 0.777. The van der Waals surface area contributed by atoms with E-state index in [-0.39, 0.29) is 11.9 Å². The molecule has 128 valence electrons. The molecular weight excluding hydrogens is 316 g/mol. The van der Waals surface area contributed by atoms with Gasteiger partial charge in [-0.1, -0.05) is 23.8 Å². The molecule has 0 saturated carbocycles. The largest absolute Gasteiger partial charge is 0.496 e. The van der Waals surface area contributed by atoms with Crippen molar-refractivity contribution in [1.29, 1.82) is 0 Å². The molecular formula is C19H20N4O2. The van der Waals surface area contributed by atoms with E-state index in [0.717, 1.165) is 16.8 Å². The minimum atomic E-state index is -0.159. The lowest BCUT2D eigenvalue weighted by Gasteiger charge is -2.16. The summed E-state index contributed by atoms with van der Waals surface area (Å²) in [5, 5.41) is 7.11. The molecule has 0 bridgehead atoms. The smallest absolute Gasteiger partial charge is 0.255 e. The van der Waals surface area contributed by atoms with Gasteiger partial charge in [-0.05, 0) is 43.7 Å². The SMILES string of the molecule is COc1ccc(C)cc1C(=O)NC(C)c1ccc(-n2cncn2)cc1. The molecule has 0 radical (unpaired) electrons. The number of carbonyl (C=O) groups excluding carboxylic acids is 1. The molecule has 0 aliphatic rings. The first-order chi connectivity index (χ1) is 12.1. The number of hydrogen-bond acceptors (Lipinski definition) is 4. The monoisotopic (exact) mass is 336 g/mol. The Morgan fingerprint density at radius 3 is 2.60 bits per heavy atom. The van der Waals surface area contributed by atoms with E-state index < -0.39 is 0 Å². The molecule has 0 aliphatic heterocycles. The van der Waals surface area contributed by atoms with Crippen LogP contribution in [0.1, 0.15) is 34.5 Å². The Hall–Kier alpha value is -3.15. The highest BCUT2D eigenvalue weighted by Gasteiger charge is 2.16. The maximum Gasteiger partial charge on any atom is 0.255 e. The summed E-state index contributed by atoms with van der Waals surface area (Å²) in [6, 6.07) is 13.2. The Kier molecular flexibility index (Phi) is 4.79. The molecule has 3 aromatic rings. The van der Waals surface area contributed by atoms with Crippen molar-refractivity contribution < 1.29 is 9.53 Å². The Morgan fingerprint density at radius 2 is 1.96 bits per heavy atom. The van der Waals surface area contributed by atoms with E-state index in [4.69, 9.17) is 4.74 Å². The zero-order valence-electron chi connectivity index (χ0n) is 14.4. The first kappa shape index (κ1) is 16.7. The first-order valence-electron chi connectivity index (χ1n) is 7.99. The zero-order chi connectivity index (χ0) is 17.8. The first-order valence-corrected chi connectivity index (χ1v) is 7.99. The molecule has 1 aromatic heterocycles. The highest BCUT2D eigenvalue weighted by atomic mass is 16.5. The topological polar surface area (TPSA) is 69.0 Å². The van der Waals surface area contributed by atoms with Crippen molar-refractivity contribution in [1.82, 2.24) is 20.1 Å². The predicted molar refractivity (Wildman–Crippen MR) is 95.0 cm³/mol. The highest BCUT2D eigenvalue weighted by Crippen LogP contribution is 2.21. The van der Waals surface area contributed by atoms with Crippen LogP contribution in [0.15, 0.2) is 55.1 Å². The second-order valence-corrected chi connectivity index (χ2v) is 5.83. The summed E-state index contributed by atoms with van der Waals surface area (Å²) in [6.07, 6.45) is 3.14. The van der Waals surface area contributed by atoms with Crippen LogP contribution in [0.4, 0.5) is 0 Å². The van der Waals surface area contributed by atoms with Gasteiger partial charge in [0.2, 0.25) is 0 Å². The fourth-order valence-corrected chi connectivity index (χ4v) is 2.61. The number of ether oxygens (including phenoxy) is 1. The van der Waals surface area contributed by atoms with Gasteiger partial charge in [-0.2, -0.15) is 5.10 Å². The third-order valence-corrected chi connectivity index (χ3v) is 4.02. The Labute approximate surface area is 146 Å². The van der Waals surface area contributed by atoms with Gasteiger partial charge in [0.1, 0.15) is 18.4 Å². The molecule has 2 aromatic carbocycles. The number of hydrogen-bond donors (Lipinski definition) is 1. The van der Waals surface area contributed by atoms with Gasteiger partial charge in [-0.15, -0.1) is 0 Å². The van der Waals surface area contributed by atoms with Crippen LogP contribution in [0.5, 0.6) is 5.75 Å². The average molecular weight is 336 g/mol. The normalized spacial score (nSPS) is 11.8. The number of rotatable bonds is 5. The minimum Gasteiger partial charge on any atom is -0.496 e. The van der Waals surface area contributed by atoms with Crippen LogP contribution in [-0.4, -0.2) is 27.8 Å². The van der Waals surface area contributed by atoms with Crippen LogP contribution in [0.3, 0.4) is 0 Å². The maximum atomic E-state index is 12.6. The summed E-state index contributed by atoms with van der Waals surface area (Å²) in [7, 11) is 1.56. The van der Waals surface area contributed by atoms with E-state index in [1.165, 1.54) is 6.33 Å². The highest BCUT2D eigenvalue weighted by molar-refractivity contribution is 5.97. The van der Waals surface area contributed by atoms with Crippen LogP contribution in [0.2, 0.25) is 0 Å². The molecule has 1 unspecified atom stereocenters. The predicted octanol–water partition coefficient (Wildman–Crippen LogP) is 3.08. The van der Waals surface area contributed by atoms with Crippen molar-refractivity contribution in [2.45, 2.75) is 19.9 Å². The molecule has 0 saturated heterocycles. The van der Waals surface area contributed by atoms with E-state index in [1.54, 1.807) is 18.1 Å². The number of nitrogens with one attached hydrogen (secondary N) is 1. The van der Waals surface area contributed by atoms with Gasteiger partial charge in [-0.3, -0.25) is 4.79 Å². The zero-order valence-corrected chi connectivity index (χ0v) is 14.4. The van der Waals surface area contributed by atoms with Crippen LogP contribution in [-0.2, 0) is 0 Å². The van der Waals surface area contributed by atoms with E-state index >= 15 is 0 Å². The number of aromatic nitrogens is 3. The third kappa shape index (κ3) is 3.68. The second kappa shape index (κ2) is 7.17. The molecule has 0 aliphatic carbocycles. The van der Waals surface area contributed by atoms with E-state index in [0.29, 0.717) is 11.3 Å². The van der Waals surface area contributed by atoms with Gasteiger partial charge in [0, 0.05) is 0 Å². The van der Waals surface area contributed by atoms with E-state index in [2.05, 4.69) is 15.4 Å². The maximum absolute atomic E-state index is 12.6. The van der Waals surface area contributed by atoms with Crippen molar-refractivity contribution in [2.75, 3.05) is 7.11 Å². The fraction of sp³-hybridized carbons (Fsp3) is 0.211. The van der Waals surface area contributed by atoms with Crippen molar-refractivity contribution in [2.24, 2.45) is 0 Å². The lowest BCUT2D eigenvalue weighted by atomic mass is 10.1. The number of amides is 1. The number of methoxy groups -OCH3 is 1. The summed E-state index contributed by atoms with van der Waals surface area (Å²) in [4.78, 5) is 16.5.